The molecule has 4 nitrogen and oxygen atoms in total. The molecule has 1 aliphatic rings. The molecule has 0 saturated carbocycles. The minimum absolute atomic E-state index is 0.0209. The van der Waals surface area contributed by atoms with E-state index in [0.717, 1.165) is 27.5 Å². The van der Waals surface area contributed by atoms with Crippen LogP contribution in [0.3, 0.4) is 0 Å². The highest BCUT2D eigenvalue weighted by Gasteiger charge is 2.24. The topological polar surface area (TPSA) is 47.6 Å². The van der Waals surface area contributed by atoms with Crippen LogP contribution in [-0.4, -0.2) is 19.1 Å². The number of nitrogens with one attached hydrogen (secondary N) is 1. The average Bonchev–Trinajstić information content (AvgIpc) is 2.78. The monoisotopic (exact) mass is 405 g/mol. The van der Waals surface area contributed by atoms with Crippen LogP contribution in [0.2, 0.25) is 0 Å². The minimum atomic E-state index is -0.335. The fourth-order valence-corrected chi connectivity index (χ4v) is 4.29. The molecule has 0 radical (unpaired) electrons. The number of hydrogen-bond acceptors (Lipinski definition) is 4. The van der Waals surface area contributed by atoms with Crippen LogP contribution in [0.5, 0.6) is 11.5 Å². The number of thioether (sulfide) groups is 1. The molecular formula is C24H23NO3S. The Hall–Kier alpha value is -2.92. The van der Waals surface area contributed by atoms with Gasteiger partial charge in [-0.25, -0.2) is 0 Å². The van der Waals surface area contributed by atoms with E-state index < -0.39 is 0 Å². The first-order valence-electron chi connectivity index (χ1n) is 9.67. The van der Waals surface area contributed by atoms with Gasteiger partial charge in [0.15, 0.2) is 11.5 Å². The first kappa shape index (κ1) is 19.4. The van der Waals surface area contributed by atoms with Crippen molar-refractivity contribution in [2.75, 3.05) is 13.2 Å². The van der Waals surface area contributed by atoms with Gasteiger partial charge >= 0.3 is 0 Å². The molecule has 0 saturated heterocycles. The average molecular weight is 406 g/mol. The number of carbonyl (C=O) groups is 1. The molecule has 0 aliphatic carbocycles. The predicted octanol–water partition coefficient (Wildman–Crippen LogP) is 5.17. The molecule has 0 fully saturated rings. The molecule has 1 amide bonds. The van der Waals surface area contributed by atoms with Gasteiger partial charge in [-0.05, 0) is 42.3 Å². The molecule has 1 N–H and O–H groups in total. The number of carbonyl (C=O) groups excluding carboxylic acids is 1. The summed E-state index contributed by atoms with van der Waals surface area (Å²) in [5.74, 6) is 1.46. The largest absolute Gasteiger partial charge is 0.486 e. The van der Waals surface area contributed by atoms with Crippen molar-refractivity contribution in [1.29, 1.82) is 0 Å². The van der Waals surface area contributed by atoms with E-state index in [1.807, 2.05) is 85.8 Å². The number of rotatable bonds is 6. The molecule has 2 unspecified atom stereocenters. The Balaban J connectivity index is 1.53. The zero-order valence-electron chi connectivity index (χ0n) is 16.2. The van der Waals surface area contributed by atoms with E-state index in [1.54, 1.807) is 11.8 Å². The number of fused-ring (bicyclic) bond motifs is 1. The van der Waals surface area contributed by atoms with Crippen LogP contribution in [0, 0.1) is 0 Å². The van der Waals surface area contributed by atoms with Gasteiger partial charge in [-0.3, -0.25) is 4.79 Å². The lowest BCUT2D eigenvalue weighted by Crippen LogP contribution is -2.30. The molecule has 5 heteroatoms. The Morgan fingerprint density at radius 2 is 1.52 bits per heavy atom. The Kier molecular flexibility index (Phi) is 6.06. The van der Waals surface area contributed by atoms with Crippen LogP contribution >= 0.6 is 11.8 Å². The second-order valence-corrected chi connectivity index (χ2v) is 8.03. The smallest absolute Gasteiger partial charge is 0.238 e. The third kappa shape index (κ3) is 4.74. The van der Waals surface area contributed by atoms with Crippen molar-refractivity contribution in [3.63, 3.8) is 0 Å². The lowest BCUT2D eigenvalue weighted by Gasteiger charge is -2.23. The minimum Gasteiger partial charge on any atom is -0.486 e. The fraction of sp³-hybridized carbons (Fsp3) is 0.208. The van der Waals surface area contributed by atoms with Crippen LogP contribution in [0.15, 0.2) is 83.8 Å². The highest BCUT2D eigenvalue weighted by atomic mass is 32.2. The van der Waals surface area contributed by atoms with Crippen LogP contribution in [0.1, 0.15) is 29.3 Å². The lowest BCUT2D eigenvalue weighted by atomic mass is 10.1. The van der Waals surface area contributed by atoms with E-state index in [0.29, 0.717) is 13.2 Å². The van der Waals surface area contributed by atoms with Gasteiger partial charge in [0.05, 0.1) is 6.04 Å². The first-order chi connectivity index (χ1) is 14.2. The quantitative estimate of drug-likeness (QED) is 0.575. The van der Waals surface area contributed by atoms with Crippen LogP contribution < -0.4 is 14.8 Å². The van der Waals surface area contributed by atoms with Crippen molar-refractivity contribution in [3.05, 3.63) is 90.0 Å². The second-order valence-electron chi connectivity index (χ2n) is 6.85. The normalized spacial score (nSPS) is 14.7. The molecule has 3 aromatic rings. The highest BCUT2D eigenvalue weighted by molar-refractivity contribution is 8.00. The van der Waals surface area contributed by atoms with Crippen molar-refractivity contribution in [1.82, 2.24) is 5.32 Å². The van der Waals surface area contributed by atoms with E-state index in [4.69, 9.17) is 9.47 Å². The van der Waals surface area contributed by atoms with Crippen molar-refractivity contribution in [2.45, 2.75) is 23.1 Å². The molecule has 148 valence electrons. The van der Waals surface area contributed by atoms with Gasteiger partial charge < -0.3 is 14.8 Å². The molecule has 4 rings (SSSR count). The van der Waals surface area contributed by atoms with E-state index in [-0.39, 0.29) is 17.2 Å². The maximum absolute atomic E-state index is 13.2. The van der Waals surface area contributed by atoms with Gasteiger partial charge in [-0.15, -0.1) is 11.8 Å². The number of benzene rings is 3. The fourth-order valence-electron chi connectivity index (χ4n) is 3.24. The standard InChI is InChI=1S/C24H23NO3S/c1-17(19-12-13-21-22(16-19)28-15-14-27-21)25-24(26)23(18-8-4-2-5-9-18)29-20-10-6-3-7-11-20/h2-13,16-17,23H,14-15H2,1H3,(H,25,26). The highest BCUT2D eigenvalue weighted by Crippen LogP contribution is 2.36. The van der Waals surface area contributed by atoms with Gasteiger partial charge in [0.25, 0.3) is 0 Å². The zero-order chi connectivity index (χ0) is 20.1. The SMILES string of the molecule is CC(NC(=O)C(Sc1ccccc1)c1ccccc1)c1ccc2c(c1)OCCO2. The van der Waals surface area contributed by atoms with Gasteiger partial charge in [0.2, 0.25) is 5.91 Å². The molecule has 1 heterocycles. The molecule has 2 atom stereocenters. The molecule has 3 aromatic carbocycles. The van der Waals surface area contributed by atoms with E-state index in [1.165, 1.54) is 0 Å². The van der Waals surface area contributed by atoms with E-state index in [9.17, 15) is 4.79 Å². The first-order valence-corrected chi connectivity index (χ1v) is 10.6. The van der Waals surface area contributed by atoms with E-state index >= 15 is 0 Å². The molecule has 0 spiro atoms. The molecule has 0 bridgehead atoms. The Morgan fingerprint density at radius 1 is 0.862 bits per heavy atom. The zero-order valence-corrected chi connectivity index (χ0v) is 17.0. The van der Waals surface area contributed by atoms with Gasteiger partial charge in [-0.1, -0.05) is 54.6 Å². The Labute approximate surface area is 175 Å². The van der Waals surface area contributed by atoms with Gasteiger partial charge in [0.1, 0.15) is 18.5 Å². The summed E-state index contributed by atoms with van der Waals surface area (Å²) in [6.07, 6.45) is 0. The summed E-state index contributed by atoms with van der Waals surface area (Å²) in [4.78, 5) is 14.3. The van der Waals surface area contributed by atoms with E-state index in [2.05, 4.69) is 5.32 Å². The maximum Gasteiger partial charge on any atom is 0.238 e. The summed E-state index contributed by atoms with van der Waals surface area (Å²) in [5, 5.41) is 2.83. The Bertz CT molecular complexity index is 962. The number of ether oxygens (including phenoxy) is 2. The maximum atomic E-state index is 13.2. The van der Waals surface area contributed by atoms with Crippen molar-refractivity contribution >= 4 is 17.7 Å². The summed E-state index contributed by atoms with van der Waals surface area (Å²) < 4.78 is 11.3. The summed E-state index contributed by atoms with van der Waals surface area (Å²) in [5.41, 5.74) is 1.97. The number of hydrogen-bond donors (Lipinski definition) is 1. The third-order valence-corrected chi connectivity index (χ3v) is 6.03. The molecule has 0 aromatic heterocycles. The van der Waals surface area contributed by atoms with Gasteiger partial charge in [0, 0.05) is 4.90 Å². The summed E-state index contributed by atoms with van der Waals surface area (Å²) >= 11 is 1.55. The van der Waals surface area contributed by atoms with Crippen LogP contribution in [-0.2, 0) is 4.79 Å². The summed E-state index contributed by atoms with van der Waals surface area (Å²) in [6.45, 7) is 3.09. The summed E-state index contributed by atoms with van der Waals surface area (Å²) in [6, 6.07) is 25.6. The van der Waals surface area contributed by atoms with Crippen LogP contribution in [0.25, 0.3) is 0 Å². The second kappa shape index (κ2) is 9.05. The molecule has 29 heavy (non-hydrogen) atoms. The number of amides is 1. The third-order valence-electron chi connectivity index (χ3n) is 4.76. The van der Waals surface area contributed by atoms with Crippen molar-refractivity contribution in [3.8, 4) is 11.5 Å². The van der Waals surface area contributed by atoms with Crippen molar-refractivity contribution in [2.24, 2.45) is 0 Å². The molecular weight excluding hydrogens is 382 g/mol. The molecule has 1 aliphatic heterocycles. The van der Waals surface area contributed by atoms with Gasteiger partial charge in [-0.2, -0.15) is 0 Å². The lowest BCUT2D eigenvalue weighted by molar-refractivity contribution is -0.121. The predicted molar refractivity (Wildman–Crippen MR) is 115 cm³/mol. The summed E-state index contributed by atoms with van der Waals surface area (Å²) in [7, 11) is 0. The Morgan fingerprint density at radius 3 is 2.24 bits per heavy atom. The van der Waals surface area contributed by atoms with Crippen molar-refractivity contribution < 1.29 is 14.3 Å². The van der Waals surface area contributed by atoms with Crippen LogP contribution in [0.4, 0.5) is 0 Å².